The van der Waals surface area contributed by atoms with Gasteiger partial charge in [-0.15, -0.1) is 0 Å². The van der Waals surface area contributed by atoms with Gasteiger partial charge in [-0.05, 0) is 43.9 Å². The van der Waals surface area contributed by atoms with Gasteiger partial charge in [0.1, 0.15) is 0 Å². The van der Waals surface area contributed by atoms with Crippen LogP contribution in [-0.2, 0) is 15.0 Å². The highest BCUT2D eigenvalue weighted by atomic mass is 16.2. The summed E-state index contributed by atoms with van der Waals surface area (Å²) in [6, 6.07) is 6.06. The zero-order valence-electron chi connectivity index (χ0n) is 10.5. The number of carbonyl (C=O) groups is 2. The molecule has 0 spiro atoms. The van der Waals surface area contributed by atoms with E-state index >= 15 is 0 Å². The standard InChI is InChI=1S/C14H17NO2/c1-9-4-5-11(8-10(9)2)14(3)7-6-12(16)15-13(14)17/h4-5,8H,6-7H2,1-3H3,(H,15,16,17)/t14-/m1/s1. The fraction of sp³-hybridized carbons (Fsp3) is 0.429. The maximum atomic E-state index is 12.0. The molecule has 2 rings (SSSR count). The van der Waals surface area contributed by atoms with E-state index in [0.29, 0.717) is 12.8 Å². The number of hydrogen-bond donors (Lipinski definition) is 1. The van der Waals surface area contributed by atoms with Crippen molar-refractivity contribution in [2.45, 2.75) is 39.0 Å². The number of piperidine rings is 1. The van der Waals surface area contributed by atoms with Gasteiger partial charge in [-0.1, -0.05) is 18.2 Å². The molecule has 0 aliphatic carbocycles. The second kappa shape index (κ2) is 3.99. The van der Waals surface area contributed by atoms with Gasteiger partial charge in [-0.3, -0.25) is 14.9 Å². The molecule has 0 bridgehead atoms. The second-order valence-electron chi connectivity index (χ2n) is 5.01. The maximum absolute atomic E-state index is 12.0. The van der Waals surface area contributed by atoms with Gasteiger partial charge in [0.05, 0.1) is 5.41 Å². The Bertz CT molecular complexity index is 493. The largest absolute Gasteiger partial charge is 0.296 e. The Morgan fingerprint density at radius 1 is 1.18 bits per heavy atom. The molecule has 1 fully saturated rings. The molecule has 1 aliphatic heterocycles. The normalized spacial score (nSPS) is 24.6. The molecule has 3 heteroatoms. The molecule has 0 radical (unpaired) electrons. The molecule has 17 heavy (non-hydrogen) atoms. The molecule has 1 aliphatic rings. The van der Waals surface area contributed by atoms with Crippen LogP contribution < -0.4 is 5.32 Å². The Balaban J connectivity index is 2.40. The number of amides is 2. The number of rotatable bonds is 1. The van der Waals surface area contributed by atoms with E-state index < -0.39 is 5.41 Å². The lowest BCUT2D eigenvalue weighted by atomic mass is 9.75. The van der Waals surface area contributed by atoms with E-state index in [1.165, 1.54) is 11.1 Å². The summed E-state index contributed by atoms with van der Waals surface area (Å²) < 4.78 is 0. The molecule has 1 heterocycles. The molecular weight excluding hydrogens is 214 g/mol. The van der Waals surface area contributed by atoms with E-state index in [4.69, 9.17) is 0 Å². The molecular formula is C14H17NO2. The topological polar surface area (TPSA) is 46.2 Å². The first-order valence-corrected chi connectivity index (χ1v) is 5.85. The van der Waals surface area contributed by atoms with Crippen LogP contribution in [0.25, 0.3) is 0 Å². The number of carbonyl (C=O) groups excluding carboxylic acids is 2. The van der Waals surface area contributed by atoms with Gasteiger partial charge in [0.15, 0.2) is 0 Å². The Hall–Kier alpha value is -1.64. The lowest BCUT2D eigenvalue weighted by molar-refractivity contribution is -0.137. The maximum Gasteiger partial charge on any atom is 0.236 e. The summed E-state index contributed by atoms with van der Waals surface area (Å²) in [5.41, 5.74) is 2.80. The molecule has 90 valence electrons. The fourth-order valence-corrected chi connectivity index (χ4v) is 2.16. The molecule has 1 saturated heterocycles. The van der Waals surface area contributed by atoms with Crippen molar-refractivity contribution in [1.82, 2.24) is 5.32 Å². The van der Waals surface area contributed by atoms with Crippen molar-refractivity contribution in [3.05, 3.63) is 34.9 Å². The van der Waals surface area contributed by atoms with Gasteiger partial charge in [-0.2, -0.15) is 0 Å². The predicted octanol–water partition coefficient (Wildman–Crippen LogP) is 2.00. The van der Waals surface area contributed by atoms with Crippen LogP contribution in [0.2, 0.25) is 0 Å². The quantitative estimate of drug-likeness (QED) is 0.751. The summed E-state index contributed by atoms with van der Waals surface area (Å²) >= 11 is 0. The Morgan fingerprint density at radius 2 is 1.88 bits per heavy atom. The third-order valence-electron chi connectivity index (χ3n) is 3.75. The molecule has 1 N–H and O–H groups in total. The monoisotopic (exact) mass is 231 g/mol. The van der Waals surface area contributed by atoms with E-state index in [-0.39, 0.29) is 11.8 Å². The van der Waals surface area contributed by atoms with Crippen LogP contribution in [0.15, 0.2) is 18.2 Å². The van der Waals surface area contributed by atoms with E-state index in [0.717, 1.165) is 5.56 Å². The van der Waals surface area contributed by atoms with E-state index in [1.54, 1.807) is 0 Å². The minimum atomic E-state index is -0.577. The third-order valence-corrected chi connectivity index (χ3v) is 3.75. The van der Waals surface area contributed by atoms with Crippen LogP contribution in [0.3, 0.4) is 0 Å². The Morgan fingerprint density at radius 3 is 2.47 bits per heavy atom. The Labute approximate surface area is 101 Å². The first kappa shape index (κ1) is 11.8. The van der Waals surface area contributed by atoms with Gasteiger partial charge in [0.2, 0.25) is 11.8 Å². The average molecular weight is 231 g/mol. The zero-order valence-corrected chi connectivity index (χ0v) is 10.5. The summed E-state index contributed by atoms with van der Waals surface area (Å²) in [6.45, 7) is 5.98. The number of nitrogens with one attached hydrogen (secondary N) is 1. The average Bonchev–Trinajstić information content (AvgIpc) is 2.28. The summed E-state index contributed by atoms with van der Waals surface area (Å²) in [4.78, 5) is 23.2. The molecule has 3 nitrogen and oxygen atoms in total. The van der Waals surface area contributed by atoms with Crippen LogP contribution in [0.1, 0.15) is 36.5 Å². The van der Waals surface area contributed by atoms with Gasteiger partial charge >= 0.3 is 0 Å². The third kappa shape index (κ3) is 1.97. The highest BCUT2D eigenvalue weighted by Crippen LogP contribution is 2.32. The van der Waals surface area contributed by atoms with Crippen molar-refractivity contribution in [1.29, 1.82) is 0 Å². The fourth-order valence-electron chi connectivity index (χ4n) is 2.16. The summed E-state index contributed by atoms with van der Waals surface area (Å²) in [5, 5.41) is 2.42. The lowest BCUT2D eigenvalue weighted by Crippen LogP contribution is -2.49. The second-order valence-corrected chi connectivity index (χ2v) is 5.01. The molecule has 1 aromatic rings. The van der Waals surface area contributed by atoms with Crippen LogP contribution in [-0.4, -0.2) is 11.8 Å². The molecule has 0 unspecified atom stereocenters. The summed E-state index contributed by atoms with van der Waals surface area (Å²) in [5.74, 6) is -0.353. The summed E-state index contributed by atoms with van der Waals surface area (Å²) in [6.07, 6.45) is 0.995. The van der Waals surface area contributed by atoms with Crippen molar-refractivity contribution in [3.63, 3.8) is 0 Å². The van der Waals surface area contributed by atoms with E-state index in [9.17, 15) is 9.59 Å². The highest BCUT2D eigenvalue weighted by molar-refractivity contribution is 6.03. The van der Waals surface area contributed by atoms with Crippen molar-refractivity contribution in [2.75, 3.05) is 0 Å². The minimum absolute atomic E-state index is 0.170. The smallest absolute Gasteiger partial charge is 0.236 e. The van der Waals surface area contributed by atoms with Crippen LogP contribution >= 0.6 is 0 Å². The van der Waals surface area contributed by atoms with Gasteiger partial charge in [0, 0.05) is 6.42 Å². The predicted molar refractivity (Wildman–Crippen MR) is 65.7 cm³/mol. The molecule has 0 saturated carbocycles. The van der Waals surface area contributed by atoms with Gasteiger partial charge in [-0.25, -0.2) is 0 Å². The minimum Gasteiger partial charge on any atom is -0.296 e. The lowest BCUT2D eigenvalue weighted by Gasteiger charge is -2.32. The van der Waals surface area contributed by atoms with Gasteiger partial charge < -0.3 is 0 Å². The van der Waals surface area contributed by atoms with E-state index in [1.807, 2.05) is 39.0 Å². The molecule has 1 atom stereocenters. The van der Waals surface area contributed by atoms with Crippen LogP contribution in [0, 0.1) is 13.8 Å². The first-order valence-electron chi connectivity index (χ1n) is 5.85. The van der Waals surface area contributed by atoms with E-state index in [2.05, 4.69) is 5.32 Å². The van der Waals surface area contributed by atoms with Crippen molar-refractivity contribution in [2.24, 2.45) is 0 Å². The molecule has 1 aromatic carbocycles. The molecule has 2 amide bonds. The van der Waals surface area contributed by atoms with Crippen LogP contribution in [0.4, 0.5) is 0 Å². The van der Waals surface area contributed by atoms with Crippen molar-refractivity contribution < 1.29 is 9.59 Å². The number of hydrogen-bond acceptors (Lipinski definition) is 2. The van der Waals surface area contributed by atoms with Crippen molar-refractivity contribution in [3.8, 4) is 0 Å². The number of imide groups is 1. The van der Waals surface area contributed by atoms with Gasteiger partial charge in [0.25, 0.3) is 0 Å². The number of aryl methyl sites for hydroxylation is 2. The Kier molecular flexibility index (Phi) is 2.77. The zero-order chi connectivity index (χ0) is 12.6. The molecule has 0 aromatic heterocycles. The number of benzene rings is 1. The summed E-state index contributed by atoms with van der Waals surface area (Å²) in [7, 11) is 0. The SMILES string of the molecule is Cc1ccc([C@@]2(C)CCC(=O)NC2=O)cc1C. The van der Waals surface area contributed by atoms with Crippen LogP contribution in [0.5, 0.6) is 0 Å². The van der Waals surface area contributed by atoms with Crippen molar-refractivity contribution >= 4 is 11.8 Å². The highest BCUT2D eigenvalue weighted by Gasteiger charge is 2.39. The first-order chi connectivity index (χ1) is 7.93.